The molecule has 0 aliphatic carbocycles. The van der Waals surface area contributed by atoms with Crippen molar-refractivity contribution in [3.8, 4) is 5.75 Å². The number of likely N-dealkylation sites (tertiary alicyclic amines) is 1. The van der Waals surface area contributed by atoms with Gasteiger partial charge in [-0.25, -0.2) is 14.1 Å². The van der Waals surface area contributed by atoms with Gasteiger partial charge in [-0.15, -0.1) is 0 Å². The first kappa shape index (κ1) is 29.5. The second-order valence-corrected chi connectivity index (χ2v) is 12.6. The molecule has 0 amide bonds. The van der Waals surface area contributed by atoms with Gasteiger partial charge in [0.2, 0.25) is 0 Å². The Morgan fingerprint density at radius 1 is 1.22 bits per heavy atom. The summed E-state index contributed by atoms with van der Waals surface area (Å²) in [6.45, 7) is 8.33. The summed E-state index contributed by atoms with van der Waals surface area (Å²) in [5, 5.41) is 7.12. The molecular weight excluding hydrogens is 547 g/mol. The van der Waals surface area contributed by atoms with Crippen LogP contribution >= 0.6 is 7.75 Å². The van der Waals surface area contributed by atoms with Crippen LogP contribution in [-0.2, 0) is 23.4 Å². The van der Waals surface area contributed by atoms with E-state index in [-0.39, 0.29) is 18.8 Å². The molecule has 4 heterocycles. The fraction of sp³-hybridized carbons (Fsp3) is 0.536. The van der Waals surface area contributed by atoms with Gasteiger partial charge in [-0.1, -0.05) is 25.1 Å². The normalized spacial score (nSPS) is 24.2. The van der Waals surface area contributed by atoms with Crippen molar-refractivity contribution in [2.24, 2.45) is 0 Å². The van der Waals surface area contributed by atoms with Crippen molar-refractivity contribution in [2.45, 2.75) is 70.3 Å². The highest BCUT2D eigenvalue weighted by molar-refractivity contribution is 7.52. The molecular formula is C28H39N6O6P. The van der Waals surface area contributed by atoms with E-state index >= 15 is 0 Å². The fourth-order valence-electron chi connectivity index (χ4n) is 5.26. The lowest BCUT2D eigenvalue weighted by atomic mass is 10.0. The largest absolute Gasteiger partial charge is 0.461 e. The van der Waals surface area contributed by atoms with Crippen molar-refractivity contribution in [3.05, 3.63) is 54.5 Å². The molecule has 3 aromatic rings. The van der Waals surface area contributed by atoms with Crippen molar-refractivity contribution in [2.75, 3.05) is 32.0 Å². The fourth-order valence-corrected chi connectivity index (χ4v) is 6.86. The van der Waals surface area contributed by atoms with E-state index in [1.54, 1.807) is 35.7 Å². The Bertz CT molecular complexity index is 1380. The molecule has 0 saturated carbocycles. The third-order valence-corrected chi connectivity index (χ3v) is 9.31. The maximum absolute atomic E-state index is 14.0. The van der Waals surface area contributed by atoms with E-state index < -0.39 is 25.4 Å². The molecule has 12 nitrogen and oxygen atoms in total. The summed E-state index contributed by atoms with van der Waals surface area (Å²) < 4.78 is 39.7. The van der Waals surface area contributed by atoms with Crippen molar-refractivity contribution in [1.82, 2.24) is 24.6 Å². The third kappa shape index (κ3) is 7.07. The molecule has 41 heavy (non-hydrogen) atoms. The number of ether oxygens (including phenoxy) is 2. The molecule has 2 aromatic heterocycles. The van der Waals surface area contributed by atoms with Gasteiger partial charge in [0, 0.05) is 13.1 Å². The van der Waals surface area contributed by atoms with E-state index in [1.807, 2.05) is 25.1 Å². The van der Waals surface area contributed by atoms with Crippen LogP contribution in [0.1, 0.15) is 58.3 Å². The summed E-state index contributed by atoms with van der Waals surface area (Å²) in [6.07, 6.45) is 3.86. The standard InChI is InChI=1S/C28H39N6O6P/c1-4-33-16-13-21(14-17-33)38-27(35)20(2)32-41(36,40-22-8-6-5-7-9-22)37-18-28(3)15-12-25(39-28)23-10-11-24-26(29)30-19-31-34(23)24/h5-11,19-21,25H,4,12-18H2,1-3H3,(H,32,36)(H2,29,30,31)/t20-,25+,28-,41?/m0/s1. The number of carbonyl (C=O) groups excluding carboxylic acids is 1. The van der Waals surface area contributed by atoms with Crippen LogP contribution < -0.4 is 15.3 Å². The smallest absolute Gasteiger partial charge is 0.459 e. The molecule has 1 aromatic carbocycles. The zero-order valence-corrected chi connectivity index (χ0v) is 24.7. The number of benzene rings is 1. The van der Waals surface area contributed by atoms with E-state index in [4.69, 9.17) is 24.3 Å². The SMILES string of the molecule is CCN1CCC(OC(=O)[C@H](C)NP(=O)(OC[C@]2(C)CC[C@H](c3ccc4c(N)ncnn34)O2)Oc2ccccc2)CC1. The Hall–Kier alpha value is -3.02. The number of fused-ring (bicyclic) bond motifs is 1. The summed E-state index contributed by atoms with van der Waals surface area (Å²) in [6, 6.07) is 11.6. The molecule has 13 heteroatoms. The maximum Gasteiger partial charge on any atom is 0.459 e. The van der Waals surface area contributed by atoms with Crippen LogP contribution in [0.4, 0.5) is 5.82 Å². The summed E-state index contributed by atoms with van der Waals surface area (Å²) in [4.78, 5) is 19.3. The average molecular weight is 587 g/mol. The van der Waals surface area contributed by atoms with E-state index in [9.17, 15) is 9.36 Å². The Balaban J connectivity index is 1.24. The van der Waals surface area contributed by atoms with E-state index in [1.165, 1.54) is 6.33 Å². The van der Waals surface area contributed by atoms with Crippen molar-refractivity contribution in [1.29, 1.82) is 0 Å². The first-order valence-corrected chi connectivity index (χ1v) is 15.7. The number of piperidine rings is 1. The van der Waals surface area contributed by atoms with Crippen molar-refractivity contribution >= 4 is 25.1 Å². The summed E-state index contributed by atoms with van der Waals surface area (Å²) >= 11 is 0. The Kier molecular flexibility index (Phi) is 8.96. The topological polar surface area (TPSA) is 143 Å². The summed E-state index contributed by atoms with van der Waals surface area (Å²) in [5.74, 6) is 0.243. The number of para-hydroxylation sites is 1. The molecule has 0 radical (unpaired) electrons. The molecule has 0 bridgehead atoms. The number of nitrogens with two attached hydrogens (primary N) is 1. The monoisotopic (exact) mass is 586 g/mol. The minimum Gasteiger partial charge on any atom is -0.461 e. The first-order chi connectivity index (χ1) is 19.7. The molecule has 5 rings (SSSR count). The van der Waals surface area contributed by atoms with E-state index in [2.05, 4.69) is 27.0 Å². The number of carbonyl (C=O) groups is 1. The van der Waals surface area contributed by atoms with Gasteiger partial charge < -0.3 is 24.6 Å². The predicted octanol–water partition coefficient (Wildman–Crippen LogP) is 4.13. The number of nitrogens with zero attached hydrogens (tertiary/aromatic N) is 4. The van der Waals surface area contributed by atoms with Crippen LogP contribution in [0.25, 0.3) is 5.52 Å². The second-order valence-electron chi connectivity index (χ2n) is 10.9. The molecule has 3 N–H and O–H groups in total. The summed E-state index contributed by atoms with van der Waals surface area (Å²) in [7, 11) is -4.02. The number of hydrogen-bond acceptors (Lipinski definition) is 10. The van der Waals surface area contributed by atoms with Gasteiger partial charge in [-0.05, 0) is 70.3 Å². The number of esters is 1. The zero-order chi connectivity index (χ0) is 29.0. The molecule has 2 saturated heterocycles. The first-order valence-electron chi connectivity index (χ1n) is 14.1. The minimum absolute atomic E-state index is 0.0295. The number of nitrogen functional groups attached to an aromatic ring is 1. The number of nitrogens with one attached hydrogen (secondary N) is 1. The third-order valence-electron chi connectivity index (χ3n) is 7.68. The van der Waals surface area contributed by atoms with Gasteiger partial charge in [0.25, 0.3) is 0 Å². The lowest BCUT2D eigenvalue weighted by Gasteiger charge is -2.32. The van der Waals surface area contributed by atoms with Crippen LogP contribution in [0.2, 0.25) is 0 Å². The molecule has 0 spiro atoms. The number of anilines is 1. The Morgan fingerprint density at radius 2 is 1.98 bits per heavy atom. The highest BCUT2D eigenvalue weighted by Gasteiger charge is 2.42. The number of rotatable bonds is 11. The zero-order valence-electron chi connectivity index (χ0n) is 23.8. The van der Waals surface area contributed by atoms with Gasteiger partial charge >= 0.3 is 13.7 Å². The van der Waals surface area contributed by atoms with Crippen LogP contribution in [0.5, 0.6) is 5.75 Å². The van der Waals surface area contributed by atoms with E-state index in [0.717, 1.165) is 38.2 Å². The molecule has 1 unspecified atom stereocenters. The van der Waals surface area contributed by atoms with Gasteiger partial charge in [0.15, 0.2) is 5.82 Å². The van der Waals surface area contributed by atoms with Gasteiger partial charge in [-0.3, -0.25) is 9.32 Å². The van der Waals surface area contributed by atoms with Gasteiger partial charge in [0.05, 0.1) is 17.9 Å². The van der Waals surface area contributed by atoms with Crippen LogP contribution in [0.15, 0.2) is 48.8 Å². The average Bonchev–Trinajstić information content (AvgIpc) is 3.58. The highest BCUT2D eigenvalue weighted by Crippen LogP contribution is 2.48. The summed E-state index contributed by atoms with van der Waals surface area (Å²) in [5.41, 5.74) is 6.78. The van der Waals surface area contributed by atoms with E-state index in [0.29, 0.717) is 29.9 Å². The van der Waals surface area contributed by atoms with Crippen molar-refractivity contribution < 1.29 is 27.9 Å². The van der Waals surface area contributed by atoms with Crippen LogP contribution in [-0.4, -0.2) is 69.5 Å². The Labute approximate surface area is 240 Å². The van der Waals surface area contributed by atoms with Crippen molar-refractivity contribution in [3.63, 3.8) is 0 Å². The lowest BCUT2D eigenvalue weighted by Crippen LogP contribution is -2.42. The highest BCUT2D eigenvalue weighted by atomic mass is 31.2. The van der Waals surface area contributed by atoms with Gasteiger partial charge in [0.1, 0.15) is 35.8 Å². The van der Waals surface area contributed by atoms with Crippen LogP contribution in [0, 0.1) is 0 Å². The number of hydrogen-bond donors (Lipinski definition) is 2. The minimum atomic E-state index is -4.02. The second kappa shape index (κ2) is 12.5. The number of aromatic nitrogens is 3. The van der Waals surface area contributed by atoms with Gasteiger partial charge in [-0.2, -0.15) is 10.2 Å². The molecule has 4 atom stereocenters. The Morgan fingerprint density at radius 3 is 2.71 bits per heavy atom. The molecule has 2 aliphatic rings. The maximum atomic E-state index is 14.0. The molecule has 222 valence electrons. The quantitative estimate of drug-likeness (QED) is 0.247. The van der Waals surface area contributed by atoms with Crippen LogP contribution in [0.3, 0.4) is 0 Å². The lowest BCUT2D eigenvalue weighted by molar-refractivity contribution is -0.153. The molecule has 2 fully saturated rings. The molecule has 2 aliphatic heterocycles. The predicted molar refractivity (Wildman–Crippen MR) is 153 cm³/mol.